The molecule has 1 heterocycles. The van der Waals surface area contributed by atoms with E-state index in [1.807, 2.05) is 31.2 Å². The van der Waals surface area contributed by atoms with Crippen LogP contribution in [0.2, 0.25) is 0 Å². The first-order valence-corrected chi connectivity index (χ1v) is 11.0. The molecule has 1 amide bonds. The van der Waals surface area contributed by atoms with Gasteiger partial charge in [0.1, 0.15) is 0 Å². The van der Waals surface area contributed by atoms with E-state index in [4.69, 9.17) is 0 Å². The Balaban J connectivity index is 1.48. The molecule has 0 radical (unpaired) electrons. The van der Waals surface area contributed by atoms with Crippen molar-refractivity contribution in [1.82, 2.24) is 9.78 Å². The molecule has 0 fully saturated rings. The van der Waals surface area contributed by atoms with Crippen LogP contribution in [0, 0.1) is 6.92 Å². The van der Waals surface area contributed by atoms with E-state index in [1.165, 1.54) is 18.2 Å². The van der Waals surface area contributed by atoms with Crippen LogP contribution in [0.25, 0.3) is 5.69 Å². The minimum Gasteiger partial charge on any atom is -0.319 e. The lowest BCUT2D eigenvalue weighted by molar-refractivity contribution is 0.102. The molecule has 31 heavy (non-hydrogen) atoms. The maximum Gasteiger partial charge on any atom is 0.261 e. The molecule has 1 aromatic heterocycles. The monoisotopic (exact) mass is 432 g/mol. The number of carbonyl (C=O) groups excluding carboxylic acids is 1. The molecule has 4 aromatic rings. The predicted molar refractivity (Wildman–Crippen MR) is 120 cm³/mol. The van der Waals surface area contributed by atoms with E-state index in [0.29, 0.717) is 16.9 Å². The summed E-state index contributed by atoms with van der Waals surface area (Å²) in [5, 5.41) is 7.05. The van der Waals surface area contributed by atoms with Crippen molar-refractivity contribution in [3.63, 3.8) is 0 Å². The second kappa shape index (κ2) is 8.45. The van der Waals surface area contributed by atoms with Crippen molar-refractivity contribution in [1.29, 1.82) is 0 Å². The first-order valence-electron chi connectivity index (χ1n) is 9.52. The van der Waals surface area contributed by atoms with Crippen molar-refractivity contribution in [2.45, 2.75) is 11.8 Å². The Morgan fingerprint density at radius 1 is 0.903 bits per heavy atom. The zero-order valence-corrected chi connectivity index (χ0v) is 17.5. The predicted octanol–water partition coefficient (Wildman–Crippen LogP) is 4.23. The number of hydrogen-bond donors (Lipinski definition) is 2. The summed E-state index contributed by atoms with van der Waals surface area (Å²) >= 11 is 0. The summed E-state index contributed by atoms with van der Waals surface area (Å²) in [5.74, 6) is -0.371. The normalized spacial score (nSPS) is 11.1. The summed E-state index contributed by atoms with van der Waals surface area (Å²) in [6, 6.07) is 22.2. The van der Waals surface area contributed by atoms with Gasteiger partial charge >= 0.3 is 0 Å². The number of carbonyl (C=O) groups is 1. The van der Waals surface area contributed by atoms with Gasteiger partial charge in [-0.1, -0.05) is 42.0 Å². The van der Waals surface area contributed by atoms with Gasteiger partial charge in [0.2, 0.25) is 0 Å². The number of hydrogen-bond acceptors (Lipinski definition) is 4. The summed E-state index contributed by atoms with van der Waals surface area (Å²) in [6.07, 6.45) is 3.27. The number of anilines is 2. The Labute approximate surface area is 180 Å². The van der Waals surface area contributed by atoms with Gasteiger partial charge < -0.3 is 5.32 Å². The fourth-order valence-corrected chi connectivity index (χ4v) is 4.04. The molecule has 0 unspecified atom stereocenters. The second-order valence-electron chi connectivity index (χ2n) is 6.96. The van der Waals surface area contributed by atoms with Gasteiger partial charge in [-0.3, -0.25) is 9.52 Å². The molecule has 3 aromatic carbocycles. The van der Waals surface area contributed by atoms with Crippen LogP contribution in [0.1, 0.15) is 15.9 Å². The number of aromatic nitrogens is 2. The number of amides is 1. The summed E-state index contributed by atoms with van der Waals surface area (Å²) in [7, 11) is -3.74. The standard InChI is InChI=1S/C23H20N4O3S/c1-17-10-12-21(13-11-17)27-16-20(15-24-27)25-23(28)18-6-5-7-19(14-18)26-31(29,30)22-8-3-2-4-9-22/h2-16,26H,1H3,(H,25,28). The molecule has 7 nitrogen and oxygen atoms in total. The Bertz CT molecular complexity index is 1310. The maximum atomic E-state index is 12.7. The molecule has 0 aliphatic heterocycles. The van der Waals surface area contributed by atoms with Crippen LogP contribution in [-0.2, 0) is 10.0 Å². The number of benzene rings is 3. The van der Waals surface area contributed by atoms with E-state index in [1.54, 1.807) is 53.5 Å². The Kier molecular flexibility index (Phi) is 5.55. The van der Waals surface area contributed by atoms with Gasteiger partial charge in [-0.05, 0) is 49.4 Å². The molecule has 0 saturated heterocycles. The van der Waals surface area contributed by atoms with Crippen LogP contribution in [0.3, 0.4) is 0 Å². The van der Waals surface area contributed by atoms with Crippen molar-refractivity contribution in [3.05, 3.63) is 102 Å². The quantitative estimate of drug-likeness (QED) is 0.477. The number of nitrogens with one attached hydrogen (secondary N) is 2. The molecule has 4 rings (SSSR count). The van der Waals surface area contributed by atoms with Crippen LogP contribution in [0.4, 0.5) is 11.4 Å². The van der Waals surface area contributed by atoms with Crippen molar-refractivity contribution >= 4 is 27.3 Å². The first kappa shape index (κ1) is 20.4. The third-order valence-electron chi connectivity index (χ3n) is 4.57. The highest BCUT2D eigenvalue weighted by molar-refractivity contribution is 7.92. The minimum atomic E-state index is -3.74. The molecule has 0 atom stereocenters. The lowest BCUT2D eigenvalue weighted by Gasteiger charge is -2.09. The van der Waals surface area contributed by atoms with Gasteiger partial charge in [-0.15, -0.1) is 0 Å². The number of sulfonamides is 1. The SMILES string of the molecule is Cc1ccc(-n2cc(NC(=O)c3cccc(NS(=O)(=O)c4ccccc4)c3)cn2)cc1. The fraction of sp³-hybridized carbons (Fsp3) is 0.0435. The van der Waals surface area contributed by atoms with Gasteiger partial charge in [0.05, 0.1) is 28.7 Å². The van der Waals surface area contributed by atoms with Gasteiger partial charge in [-0.25, -0.2) is 13.1 Å². The van der Waals surface area contributed by atoms with Crippen LogP contribution < -0.4 is 10.0 Å². The van der Waals surface area contributed by atoms with Crippen LogP contribution in [0.15, 0.2) is 96.2 Å². The number of nitrogens with zero attached hydrogens (tertiary/aromatic N) is 2. The molecule has 0 saturated carbocycles. The summed E-state index contributed by atoms with van der Waals surface area (Å²) < 4.78 is 29.2. The van der Waals surface area contributed by atoms with Crippen molar-refractivity contribution in [3.8, 4) is 5.69 Å². The molecule has 0 bridgehead atoms. The third-order valence-corrected chi connectivity index (χ3v) is 5.97. The Morgan fingerprint density at radius 3 is 2.39 bits per heavy atom. The summed E-state index contributed by atoms with van der Waals surface area (Å²) in [5.41, 5.74) is 3.17. The zero-order valence-electron chi connectivity index (χ0n) is 16.7. The minimum absolute atomic E-state index is 0.147. The first-order chi connectivity index (χ1) is 14.9. The lowest BCUT2D eigenvalue weighted by atomic mass is 10.2. The van der Waals surface area contributed by atoms with E-state index in [0.717, 1.165) is 11.3 Å². The van der Waals surface area contributed by atoms with Crippen molar-refractivity contribution in [2.24, 2.45) is 0 Å². The van der Waals surface area contributed by atoms with Crippen LogP contribution in [-0.4, -0.2) is 24.1 Å². The van der Waals surface area contributed by atoms with E-state index >= 15 is 0 Å². The Morgan fingerprint density at radius 2 is 1.65 bits per heavy atom. The van der Waals surface area contributed by atoms with E-state index in [9.17, 15) is 13.2 Å². The number of rotatable bonds is 6. The number of aryl methyl sites for hydroxylation is 1. The van der Waals surface area contributed by atoms with Gasteiger partial charge in [-0.2, -0.15) is 5.10 Å². The third kappa shape index (κ3) is 4.81. The Hall–Kier alpha value is -3.91. The van der Waals surface area contributed by atoms with Gasteiger partial charge in [0.15, 0.2) is 0 Å². The highest BCUT2D eigenvalue weighted by Gasteiger charge is 2.15. The summed E-state index contributed by atoms with van der Waals surface area (Å²) in [6.45, 7) is 2.01. The molecule has 0 spiro atoms. The molecular formula is C23H20N4O3S. The van der Waals surface area contributed by atoms with Gasteiger partial charge in [0, 0.05) is 11.3 Å². The molecule has 0 aliphatic rings. The van der Waals surface area contributed by atoms with E-state index in [-0.39, 0.29) is 10.8 Å². The van der Waals surface area contributed by atoms with Gasteiger partial charge in [0.25, 0.3) is 15.9 Å². The van der Waals surface area contributed by atoms with E-state index < -0.39 is 10.0 Å². The smallest absolute Gasteiger partial charge is 0.261 e. The average molecular weight is 433 g/mol. The second-order valence-corrected chi connectivity index (χ2v) is 8.65. The fourth-order valence-electron chi connectivity index (χ4n) is 2.97. The van der Waals surface area contributed by atoms with E-state index in [2.05, 4.69) is 15.1 Å². The molecule has 2 N–H and O–H groups in total. The topological polar surface area (TPSA) is 93.1 Å². The largest absolute Gasteiger partial charge is 0.319 e. The molecule has 8 heteroatoms. The lowest BCUT2D eigenvalue weighted by Crippen LogP contribution is -2.15. The molecule has 156 valence electrons. The van der Waals surface area contributed by atoms with Crippen molar-refractivity contribution in [2.75, 3.05) is 10.0 Å². The van der Waals surface area contributed by atoms with Crippen LogP contribution in [0.5, 0.6) is 0 Å². The highest BCUT2D eigenvalue weighted by atomic mass is 32.2. The maximum absolute atomic E-state index is 12.7. The highest BCUT2D eigenvalue weighted by Crippen LogP contribution is 2.19. The zero-order chi connectivity index (χ0) is 21.8. The average Bonchev–Trinajstić information content (AvgIpc) is 3.23. The molecular weight excluding hydrogens is 412 g/mol. The van der Waals surface area contributed by atoms with Crippen LogP contribution >= 0.6 is 0 Å². The molecule has 0 aliphatic carbocycles. The summed E-state index contributed by atoms with van der Waals surface area (Å²) in [4.78, 5) is 12.8. The van der Waals surface area contributed by atoms with Crippen molar-refractivity contribution < 1.29 is 13.2 Å².